The van der Waals surface area contributed by atoms with Crippen molar-refractivity contribution in [2.75, 3.05) is 12.7 Å². The molecule has 0 heterocycles. The molecule has 1 amide bonds. The minimum absolute atomic E-state index is 0. The summed E-state index contributed by atoms with van der Waals surface area (Å²) in [6.45, 7) is -0.692. The Morgan fingerprint density at radius 2 is 1.71 bits per heavy atom. The van der Waals surface area contributed by atoms with Gasteiger partial charge in [0.2, 0.25) is 6.41 Å². The first kappa shape index (κ1) is 19.8. The maximum Gasteiger partial charge on any atom is 1.00 e. The molecule has 0 bridgehead atoms. The van der Waals surface area contributed by atoms with Crippen molar-refractivity contribution in [2.24, 2.45) is 0 Å². The van der Waals surface area contributed by atoms with Crippen LogP contribution in [0, 0.1) is 0 Å². The first-order valence-electron chi connectivity index (χ1n) is 4.17. The van der Waals surface area contributed by atoms with E-state index in [9.17, 15) is 14.5 Å². The van der Waals surface area contributed by atoms with Crippen LogP contribution >= 0.6 is 7.60 Å². The molecular formula is C6H15NNaO8P. The summed E-state index contributed by atoms with van der Waals surface area (Å²) >= 11 is 0. The topological polar surface area (TPSA) is 159 Å². The van der Waals surface area contributed by atoms with Crippen LogP contribution in [0.15, 0.2) is 0 Å². The van der Waals surface area contributed by atoms with Crippen LogP contribution < -0.4 is 29.6 Å². The smallest absolute Gasteiger partial charge is 1.00 e. The van der Waals surface area contributed by atoms with Gasteiger partial charge >= 0.3 is 37.2 Å². The normalized spacial score (nSPS) is 16.6. The number of hydrogen-bond donors (Lipinski definition) is 6. The Balaban J connectivity index is -0.00000112. The molecule has 0 unspecified atom stereocenters. The predicted molar refractivity (Wildman–Crippen MR) is 50.6 cm³/mol. The molecule has 0 aliphatic heterocycles. The Bertz CT molecular complexity index is 278. The number of hydrogen-bond acceptors (Lipinski definition) is 6. The van der Waals surface area contributed by atoms with E-state index in [-0.39, 0.29) is 42.5 Å². The zero-order chi connectivity index (χ0) is 12.9. The average Bonchev–Trinajstić information content (AvgIpc) is 2.13. The summed E-state index contributed by atoms with van der Waals surface area (Å²) in [6.07, 6.45) is -6.54. The largest absolute Gasteiger partial charge is 1.00 e. The van der Waals surface area contributed by atoms with E-state index in [2.05, 4.69) is 0 Å². The quantitative estimate of drug-likeness (QED) is 0.0886. The fourth-order valence-corrected chi connectivity index (χ4v) is 1.65. The maximum absolute atomic E-state index is 10.5. The second-order valence-corrected chi connectivity index (χ2v) is 4.89. The molecule has 9 nitrogen and oxygen atoms in total. The number of carbonyl (C=O) groups is 1. The molecule has 98 valence electrons. The molecular weight excluding hydrogens is 268 g/mol. The van der Waals surface area contributed by atoms with Crippen molar-refractivity contribution in [2.45, 2.75) is 18.3 Å². The average molecular weight is 283 g/mol. The summed E-state index contributed by atoms with van der Waals surface area (Å²) in [6, 6.07) is 0. The second kappa shape index (κ2) is 8.54. The first-order valence-corrected chi connectivity index (χ1v) is 5.96. The van der Waals surface area contributed by atoms with Crippen molar-refractivity contribution in [1.29, 1.82) is 0 Å². The van der Waals surface area contributed by atoms with Gasteiger partial charge < -0.3 is 26.5 Å². The first-order chi connectivity index (χ1) is 7.17. The third-order valence-electron chi connectivity index (χ3n) is 1.71. The van der Waals surface area contributed by atoms with E-state index < -0.39 is 38.6 Å². The minimum Gasteiger partial charge on any atom is -1.00 e. The molecule has 3 atom stereocenters. The van der Waals surface area contributed by atoms with Gasteiger partial charge in [-0.3, -0.25) is 14.6 Å². The fraction of sp³-hybridized carbons (Fsp3) is 0.833. The summed E-state index contributed by atoms with van der Waals surface area (Å²) in [5.74, 6) is 0. The number of aliphatic hydroxyl groups excluding tert-OH is 3. The van der Waals surface area contributed by atoms with E-state index in [1.807, 2.05) is 0 Å². The number of rotatable bonds is 7. The molecule has 0 spiro atoms. The van der Waals surface area contributed by atoms with Crippen LogP contribution in [0.25, 0.3) is 0 Å². The number of aliphatic hydroxyl groups is 3. The standard InChI is InChI=1S/C6H14NO8P.Na.H/c8-3-7(12)1-4(9)6(11)5(10)2-16(13,14)15;;/h3-6,9-12H,1-2H2,(H2,13,14,15);;/q;+1;-1/t4-,5-,6+;;/m0../s1. The molecule has 6 N–H and O–H groups in total. The Labute approximate surface area is 121 Å². The Kier molecular flexibility index (Phi) is 9.95. The van der Waals surface area contributed by atoms with Gasteiger partial charge in [0.1, 0.15) is 12.2 Å². The Hall–Kier alpha value is 0.460. The predicted octanol–water partition coefficient (Wildman–Crippen LogP) is -5.79. The third-order valence-corrected chi connectivity index (χ3v) is 2.56. The van der Waals surface area contributed by atoms with Gasteiger partial charge in [-0.2, -0.15) is 0 Å². The van der Waals surface area contributed by atoms with Crippen LogP contribution in [0.1, 0.15) is 1.43 Å². The van der Waals surface area contributed by atoms with Crippen molar-refractivity contribution in [3.05, 3.63) is 0 Å². The molecule has 11 heteroatoms. The molecule has 0 aliphatic rings. The third kappa shape index (κ3) is 9.09. The SMILES string of the molecule is O=CN(O)C[C@H](O)[C@@H](O)[C@@H](O)CP(=O)(O)O.[H-].[Na+]. The molecule has 0 aromatic carbocycles. The summed E-state index contributed by atoms with van der Waals surface area (Å²) in [4.78, 5) is 26.9. The van der Waals surface area contributed by atoms with Crippen molar-refractivity contribution < 1.29 is 70.7 Å². The van der Waals surface area contributed by atoms with Crippen molar-refractivity contribution >= 4 is 14.0 Å². The Morgan fingerprint density at radius 1 is 1.24 bits per heavy atom. The van der Waals surface area contributed by atoms with E-state index in [0.717, 1.165) is 0 Å². The van der Waals surface area contributed by atoms with E-state index in [1.54, 1.807) is 0 Å². The fourth-order valence-electron chi connectivity index (χ4n) is 0.951. The second-order valence-electron chi connectivity index (χ2n) is 3.20. The van der Waals surface area contributed by atoms with E-state index >= 15 is 0 Å². The number of hydroxylamine groups is 2. The molecule has 0 aromatic rings. The van der Waals surface area contributed by atoms with Crippen LogP contribution in [0.3, 0.4) is 0 Å². The summed E-state index contributed by atoms with van der Waals surface area (Å²) in [7, 11) is -4.52. The summed E-state index contributed by atoms with van der Waals surface area (Å²) < 4.78 is 10.5. The molecule has 17 heavy (non-hydrogen) atoms. The van der Waals surface area contributed by atoms with Gasteiger partial charge in [0, 0.05) is 0 Å². The van der Waals surface area contributed by atoms with E-state index in [4.69, 9.17) is 25.2 Å². The van der Waals surface area contributed by atoms with Gasteiger partial charge in [-0.1, -0.05) is 0 Å². The van der Waals surface area contributed by atoms with Gasteiger partial charge in [0.05, 0.1) is 18.8 Å². The molecule has 0 radical (unpaired) electrons. The van der Waals surface area contributed by atoms with Gasteiger partial charge in [-0.05, 0) is 0 Å². The number of amides is 1. The van der Waals surface area contributed by atoms with Crippen molar-refractivity contribution in [3.8, 4) is 0 Å². The van der Waals surface area contributed by atoms with Crippen LogP contribution in [0.2, 0.25) is 0 Å². The molecule has 0 aromatic heterocycles. The van der Waals surface area contributed by atoms with Gasteiger partial charge in [0.25, 0.3) is 0 Å². The van der Waals surface area contributed by atoms with Crippen LogP contribution in [0.5, 0.6) is 0 Å². The van der Waals surface area contributed by atoms with Crippen molar-refractivity contribution in [3.63, 3.8) is 0 Å². The van der Waals surface area contributed by atoms with Gasteiger partial charge in [-0.15, -0.1) is 0 Å². The van der Waals surface area contributed by atoms with E-state index in [0.29, 0.717) is 0 Å². The summed E-state index contributed by atoms with van der Waals surface area (Å²) in [5.41, 5.74) is 0. The molecule has 0 saturated carbocycles. The number of carbonyl (C=O) groups excluding carboxylic acids is 1. The van der Waals surface area contributed by atoms with Crippen LogP contribution in [0.4, 0.5) is 0 Å². The van der Waals surface area contributed by atoms with Crippen LogP contribution in [-0.4, -0.2) is 72.8 Å². The van der Waals surface area contributed by atoms with E-state index in [1.165, 1.54) is 0 Å². The summed E-state index contributed by atoms with van der Waals surface area (Å²) in [5, 5.41) is 36.2. The molecule has 0 rings (SSSR count). The monoisotopic (exact) mass is 283 g/mol. The van der Waals surface area contributed by atoms with Crippen molar-refractivity contribution in [1.82, 2.24) is 5.06 Å². The molecule has 0 aliphatic carbocycles. The van der Waals surface area contributed by atoms with Gasteiger partial charge in [-0.25, -0.2) is 5.06 Å². The zero-order valence-electron chi connectivity index (χ0n) is 10.1. The Morgan fingerprint density at radius 3 is 2.06 bits per heavy atom. The number of nitrogens with zero attached hydrogens (tertiary/aromatic N) is 1. The minimum atomic E-state index is -4.52. The molecule has 0 fully saturated rings. The van der Waals surface area contributed by atoms with Gasteiger partial charge in [0.15, 0.2) is 0 Å². The molecule has 0 saturated heterocycles. The maximum atomic E-state index is 10.5. The zero-order valence-corrected chi connectivity index (χ0v) is 12.0. The van der Waals surface area contributed by atoms with Crippen LogP contribution in [-0.2, 0) is 9.36 Å².